The van der Waals surface area contributed by atoms with Gasteiger partial charge in [-0.1, -0.05) is 0 Å². The van der Waals surface area contributed by atoms with Gasteiger partial charge in [-0.05, 0) is 51.3 Å². The first-order valence-electron chi connectivity index (χ1n) is 7.21. The maximum atomic E-state index is 11.8. The molecule has 5 heteroatoms. The van der Waals surface area contributed by atoms with E-state index in [1.54, 1.807) is 6.07 Å². The summed E-state index contributed by atoms with van der Waals surface area (Å²) in [6, 6.07) is 4.04. The summed E-state index contributed by atoms with van der Waals surface area (Å²) in [7, 11) is 1.36. The van der Waals surface area contributed by atoms with E-state index in [0.29, 0.717) is 17.3 Å². The van der Waals surface area contributed by atoms with Gasteiger partial charge in [0.2, 0.25) is 0 Å². The van der Waals surface area contributed by atoms with Gasteiger partial charge in [0.15, 0.2) is 0 Å². The molecule has 1 aliphatic heterocycles. The van der Waals surface area contributed by atoms with Gasteiger partial charge >= 0.3 is 5.97 Å². The van der Waals surface area contributed by atoms with Gasteiger partial charge in [-0.15, -0.1) is 0 Å². The maximum Gasteiger partial charge on any atom is 0.340 e. The van der Waals surface area contributed by atoms with Crippen LogP contribution in [0.4, 0.5) is 11.4 Å². The number of ether oxygens (including phenoxy) is 2. The van der Waals surface area contributed by atoms with Crippen LogP contribution in [0.15, 0.2) is 12.1 Å². The Hall–Kier alpha value is -1.75. The molecule has 0 spiro atoms. The highest BCUT2D eigenvalue weighted by Crippen LogP contribution is 2.29. The van der Waals surface area contributed by atoms with Crippen LogP contribution in [-0.2, 0) is 9.47 Å². The van der Waals surface area contributed by atoms with Crippen LogP contribution in [0.25, 0.3) is 0 Å². The smallest absolute Gasteiger partial charge is 0.340 e. The largest absolute Gasteiger partial charge is 0.465 e. The van der Waals surface area contributed by atoms with Gasteiger partial charge in [0, 0.05) is 24.0 Å². The van der Waals surface area contributed by atoms with E-state index in [1.807, 2.05) is 13.0 Å². The Labute approximate surface area is 125 Å². The van der Waals surface area contributed by atoms with Crippen molar-refractivity contribution in [2.24, 2.45) is 0 Å². The quantitative estimate of drug-likeness (QED) is 0.662. The molecule has 1 aliphatic rings. The topological polar surface area (TPSA) is 73.6 Å². The molecule has 0 saturated carbocycles. The third-order valence-corrected chi connectivity index (χ3v) is 3.86. The molecule has 3 N–H and O–H groups in total. The predicted molar refractivity (Wildman–Crippen MR) is 83.6 cm³/mol. The SMILES string of the molecule is COC(=O)c1cc(NC2CCOC(C)(C)C2)cc(C)c1N. The minimum absolute atomic E-state index is 0.121. The number of nitrogens with two attached hydrogens (primary N) is 1. The van der Waals surface area contributed by atoms with Crippen LogP contribution in [-0.4, -0.2) is 31.3 Å². The first-order chi connectivity index (χ1) is 9.82. The third kappa shape index (κ3) is 3.67. The fraction of sp³-hybridized carbons (Fsp3) is 0.562. The molecular formula is C16H24N2O3. The van der Waals surface area contributed by atoms with Crippen LogP contribution in [0.2, 0.25) is 0 Å². The lowest BCUT2D eigenvalue weighted by molar-refractivity contribution is -0.0553. The summed E-state index contributed by atoms with van der Waals surface area (Å²) in [6.07, 6.45) is 1.87. The Morgan fingerprint density at radius 3 is 2.81 bits per heavy atom. The second-order valence-electron chi connectivity index (χ2n) is 6.19. The third-order valence-electron chi connectivity index (χ3n) is 3.86. The Morgan fingerprint density at radius 1 is 1.48 bits per heavy atom. The number of methoxy groups -OCH3 is 1. The summed E-state index contributed by atoms with van der Waals surface area (Å²) in [6.45, 7) is 6.81. The minimum atomic E-state index is -0.411. The summed E-state index contributed by atoms with van der Waals surface area (Å²) in [5.74, 6) is -0.411. The van der Waals surface area contributed by atoms with Crippen LogP contribution in [0, 0.1) is 6.92 Å². The van der Waals surface area contributed by atoms with E-state index in [9.17, 15) is 4.79 Å². The number of carbonyl (C=O) groups is 1. The molecule has 0 aliphatic carbocycles. The highest BCUT2D eigenvalue weighted by atomic mass is 16.5. The van der Waals surface area contributed by atoms with Crippen molar-refractivity contribution in [2.75, 3.05) is 24.8 Å². The van der Waals surface area contributed by atoms with E-state index in [4.69, 9.17) is 15.2 Å². The molecule has 116 valence electrons. The number of nitrogens with one attached hydrogen (secondary N) is 1. The number of esters is 1. The first kappa shape index (κ1) is 15.6. The second-order valence-corrected chi connectivity index (χ2v) is 6.19. The highest BCUT2D eigenvalue weighted by molar-refractivity contribution is 5.97. The van der Waals surface area contributed by atoms with E-state index >= 15 is 0 Å². The summed E-state index contributed by atoms with van der Waals surface area (Å²) in [5.41, 5.74) is 8.48. The van der Waals surface area contributed by atoms with E-state index in [2.05, 4.69) is 19.2 Å². The molecule has 1 saturated heterocycles. The van der Waals surface area contributed by atoms with Crippen LogP contribution in [0.3, 0.4) is 0 Å². The number of aryl methyl sites for hydroxylation is 1. The van der Waals surface area contributed by atoms with Crippen molar-refractivity contribution >= 4 is 17.3 Å². The number of benzene rings is 1. The van der Waals surface area contributed by atoms with E-state index in [1.165, 1.54) is 7.11 Å². The molecule has 5 nitrogen and oxygen atoms in total. The first-order valence-corrected chi connectivity index (χ1v) is 7.21. The van der Waals surface area contributed by atoms with Gasteiger partial charge in [-0.25, -0.2) is 4.79 Å². The Morgan fingerprint density at radius 2 is 2.19 bits per heavy atom. The average molecular weight is 292 g/mol. The standard InChI is InChI=1S/C16H24N2O3/c1-10-7-12(8-13(14(10)17)15(19)20-4)18-11-5-6-21-16(2,3)9-11/h7-8,11,18H,5-6,9,17H2,1-4H3. The van der Waals surface area contributed by atoms with Gasteiger partial charge in [-0.3, -0.25) is 0 Å². The van der Waals surface area contributed by atoms with Crippen molar-refractivity contribution in [3.63, 3.8) is 0 Å². The number of rotatable bonds is 3. The molecule has 1 aromatic carbocycles. The van der Waals surface area contributed by atoms with Gasteiger partial charge in [0.1, 0.15) is 0 Å². The molecule has 0 radical (unpaired) electrons. The van der Waals surface area contributed by atoms with Crippen molar-refractivity contribution in [1.29, 1.82) is 0 Å². The van der Waals surface area contributed by atoms with Crippen LogP contribution in [0.5, 0.6) is 0 Å². The minimum Gasteiger partial charge on any atom is -0.465 e. The molecule has 1 heterocycles. The number of carbonyl (C=O) groups excluding carboxylic acids is 1. The summed E-state index contributed by atoms with van der Waals surface area (Å²) in [4.78, 5) is 11.8. The number of nitrogen functional groups attached to an aromatic ring is 1. The van der Waals surface area contributed by atoms with Crippen molar-refractivity contribution < 1.29 is 14.3 Å². The van der Waals surface area contributed by atoms with Gasteiger partial charge in [-0.2, -0.15) is 0 Å². The van der Waals surface area contributed by atoms with Crippen molar-refractivity contribution in [3.8, 4) is 0 Å². The molecule has 0 aromatic heterocycles. The van der Waals surface area contributed by atoms with E-state index < -0.39 is 5.97 Å². The zero-order chi connectivity index (χ0) is 15.6. The van der Waals surface area contributed by atoms with Gasteiger partial charge in [0.25, 0.3) is 0 Å². The van der Waals surface area contributed by atoms with Crippen LogP contribution >= 0.6 is 0 Å². The normalized spacial score (nSPS) is 20.9. The van der Waals surface area contributed by atoms with Crippen molar-refractivity contribution in [3.05, 3.63) is 23.3 Å². The molecule has 1 atom stereocenters. The number of hydrogen-bond donors (Lipinski definition) is 2. The van der Waals surface area contributed by atoms with Crippen molar-refractivity contribution in [1.82, 2.24) is 0 Å². The molecular weight excluding hydrogens is 268 g/mol. The zero-order valence-corrected chi connectivity index (χ0v) is 13.2. The van der Waals surface area contributed by atoms with Gasteiger partial charge in [0.05, 0.1) is 18.3 Å². The molecule has 21 heavy (non-hydrogen) atoms. The van der Waals surface area contributed by atoms with Crippen molar-refractivity contribution in [2.45, 2.75) is 45.3 Å². The Balaban J connectivity index is 2.20. The zero-order valence-electron chi connectivity index (χ0n) is 13.2. The van der Waals surface area contributed by atoms with E-state index in [-0.39, 0.29) is 5.60 Å². The fourth-order valence-electron chi connectivity index (χ4n) is 2.75. The molecule has 0 amide bonds. The summed E-state index contributed by atoms with van der Waals surface area (Å²) >= 11 is 0. The second kappa shape index (κ2) is 5.93. The molecule has 0 bridgehead atoms. The Bertz CT molecular complexity index is 541. The average Bonchev–Trinajstić information content (AvgIpc) is 2.40. The molecule has 1 unspecified atom stereocenters. The summed E-state index contributed by atoms with van der Waals surface area (Å²) in [5, 5.41) is 3.48. The number of hydrogen-bond acceptors (Lipinski definition) is 5. The monoisotopic (exact) mass is 292 g/mol. The predicted octanol–water partition coefficient (Wildman–Crippen LogP) is 2.73. The Kier molecular flexibility index (Phi) is 4.42. The van der Waals surface area contributed by atoms with Crippen LogP contribution < -0.4 is 11.1 Å². The lowest BCUT2D eigenvalue weighted by Gasteiger charge is -2.36. The maximum absolute atomic E-state index is 11.8. The highest BCUT2D eigenvalue weighted by Gasteiger charge is 2.29. The fourth-order valence-corrected chi connectivity index (χ4v) is 2.75. The lowest BCUT2D eigenvalue weighted by Crippen LogP contribution is -2.40. The van der Waals surface area contributed by atoms with Gasteiger partial charge < -0.3 is 20.5 Å². The lowest BCUT2D eigenvalue weighted by atomic mass is 9.93. The summed E-state index contributed by atoms with van der Waals surface area (Å²) < 4.78 is 10.5. The molecule has 1 aromatic rings. The van der Waals surface area contributed by atoms with Crippen LogP contribution in [0.1, 0.15) is 42.6 Å². The molecule has 1 fully saturated rings. The molecule has 2 rings (SSSR count). The van der Waals surface area contributed by atoms with E-state index in [0.717, 1.165) is 30.7 Å². The number of anilines is 2.